The normalized spacial score (nSPS) is 25.3. The molecule has 2 aliphatic rings. The van der Waals surface area contributed by atoms with E-state index in [-0.39, 0.29) is 17.9 Å². The highest BCUT2D eigenvalue weighted by Crippen LogP contribution is 2.45. The van der Waals surface area contributed by atoms with Gasteiger partial charge in [0.1, 0.15) is 17.7 Å². The number of benzene rings is 1. The van der Waals surface area contributed by atoms with Crippen molar-refractivity contribution in [3.05, 3.63) is 58.0 Å². The van der Waals surface area contributed by atoms with Crippen molar-refractivity contribution < 1.29 is 4.74 Å². The van der Waals surface area contributed by atoms with Crippen molar-refractivity contribution in [2.24, 2.45) is 11.7 Å². The second kappa shape index (κ2) is 5.22. The zero-order chi connectivity index (χ0) is 14.1. The third kappa shape index (κ3) is 2.17. The van der Waals surface area contributed by atoms with Crippen LogP contribution in [0.1, 0.15) is 30.9 Å². The van der Waals surface area contributed by atoms with E-state index in [1.165, 1.54) is 0 Å². The summed E-state index contributed by atoms with van der Waals surface area (Å²) >= 11 is 5.93. The molecule has 1 aliphatic heterocycles. The molecule has 3 rings (SSSR count). The lowest BCUT2D eigenvalue weighted by molar-refractivity contribution is 0.0562. The predicted molar refractivity (Wildman–Crippen MR) is 77.5 cm³/mol. The first-order valence-corrected chi connectivity index (χ1v) is 7.11. The summed E-state index contributed by atoms with van der Waals surface area (Å²) < 4.78 is 5.84. The van der Waals surface area contributed by atoms with E-state index >= 15 is 0 Å². The highest BCUT2D eigenvalue weighted by Gasteiger charge is 2.37. The Bertz CT molecular complexity index is 625. The van der Waals surface area contributed by atoms with Crippen LogP contribution in [-0.4, -0.2) is 0 Å². The molecule has 1 aromatic rings. The summed E-state index contributed by atoms with van der Waals surface area (Å²) in [5.41, 5.74) is 8.51. The number of nitrogens with zero attached hydrogens (tertiary/aromatic N) is 1. The molecule has 0 spiro atoms. The van der Waals surface area contributed by atoms with Crippen LogP contribution in [0.2, 0.25) is 5.02 Å². The van der Waals surface area contributed by atoms with Crippen LogP contribution in [0.5, 0.6) is 0 Å². The summed E-state index contributed by atoms with van der Waals surface area (Å²) in [4.78, 5) is 0. The maximum Gasteiger partial charge on any atom is 0.203 e. The second-order valence-electron chi connectivity index (χ2n) is 5.14. The average molecular weight is 287 g/mol. The molecule has 0 amide bonds. The van der Waals surface area contributed by atoms with Gasteiger partial charge in [0.05, 0.1) is 0 Å². The maximum atomic E-state index is 9.27. The van der Waals surface area contributed by atoms with E-state index in [1.807, 2.05) is 24.3 Å². The molecule has 0 aromatic heterocycles. The smallest absolute Gasteiger partial charge is 0.203 e. The van der Waals surface area contributed by atoms with Crippen LogP contribution >= 0.6 is 11.6 Å². The zero-order valence-electron chi connectivity index (χ0n) is 11.0. The van der Waals surface area contributed by atoms with Crippen LogP contribution in [0.3, 0.4) is 0 Å². The molecule has 2 atom stereocenters. The Labute approximate surface area is 123 Å². The van der Waals surface area contributed by atoms with Gasteiger partial charge in [0.15, 0.2) is 0 Å². The van der Waals surface area contributed by atoms with Gasteiger partial charge in [0.25, 0.3) is 0 Å². The van der Waals surface area contributed by atoms with Crippen LogP contribution in [-0.2, 0) is 4.74 Å². The van der Waals surface area contributed by atoms with Crippen molar-refractivity contribution in [2.75, 3.05) is 0 Å². The Hall–Kier alpha value is -1.92. The zero-order valence-corrected chi connectivity index (χ0v) is 11.7. The van der Waals surface area contributed by atoms with Gasteiger partial charge < -0.3 is 10.5 Å². The third-order valence-corrected chi connectivity index (χ3v) is 4.20. The summed E-state index contributed by atoms with van der Waals surface area (Å²) in [6.45, 7) is 0. The van der Waals surface area contributed by atoms with Crippen molar-refractivity contribution >= 4 is 11.6 Å². The van der Waals surface area contributed by atoms with Crippen LogP contribution in [0, 0.1) is 17.2 Å². The van der Waals surface area contributed by atoms with E-state index in [1.54, 1.807) is 0 Å². The molecule has 4 heteroatoms. The Morgan fingerprint density at radius 3 is 2.75 bits per heavy atom. The van der Waals surface area contributed by atoms with Crippen molar-refractivity contribution in [2.45, 2.75) is 25.4 Å². The van der Waals surface area contributed by atoms with Crippen molar-refractivity contribution in [3.63, 3.8) is 0 Å². The number of halogens is 1. The number of hydrogen-bond acceptors (Lipinski definition) is 3. The number of nitriles is 1. The Balaban J connectivity index is 2.04. The second-order valence-corrected chi connectivity index (χ2v) is 5.57. The Morgan fingerprint density at radius 2 is 2.05 bits per heavy atom. The van der Waals surface area contributed by atoms with Gasteiger partial charge in [0, 0.05) is 10.9 Å². The number of rotatable bonds is 1. The molecule has 102 valence electrons. The molecule has 0 bridgehead atoms. The van der Waals surface area contributed by atoms with E-state index in [2.05, 4.69) is 12.1 Å². The molecule has 1 aliphatic carbocycles. The minimum absolute atomic E-state index is 0.129. The summed E-state index contributed by atoms with van der Waals surface area (Å²) in [6, 6.07) is 9.81. The molecule has 2 N–H and O–H groups in total. The van der Waals surface area contributed by atoms with Gasteiger partial charge in [-0.25, -0.2) is 0 Å². The molecule has 0 fully saturated rings. The van der Waals surface area contributed by atoms with Gasteiger partial charge in [-0.15, -0.1) is 0 Å². The quantitative estimate of drug-likeness (QED) is 0.853. The minimum atomic E-state index is -0.129. The lowest BCUT2D eigenvalue weighted by Crippen LogP contribution is -2.29. The van der Waals surface area contributed by atoms with Crippen LogP contribution in [0.15, 0.2) is 47.4 Å². The summed E-state index contributed by atoms with van der Waals surface area (Å²) in [5, 5.41) is 9.97. The first-order valence-electron chi connectivity index (χ1n) is 6.73. The Kier molecular flexibility index (Phi) is 3.42. The highest BCUT2D eigenvalue weighted by atomic mass is 35.5. The fraction of sp³-hybridized carbons (Fsp3) is 0.312. The van der Waals surface area contributed by atoms with Crippen LogP contribution in [0.4, 0.5) is 0 Å². The van der Waals surface area contributed by atoms with E-state index in [4.69, 9.17) is 22.1 Å². The largest absolute Gasteiger partial charge is 0.470 e. The van der Waals surface area contributed by atoms with Crippen LogP contribution in [0.25, 0.3) is 0 Å². The molecule has 3 nitrogen and oxygen atoms in total. The first kappa shape index (κ1) is 13.1. The summed E-state index contributed by atoms with van der Waals surface area (Å²) in [5.74, 6) is 0.434. The van der Waals surface area contributed by atoms with Crippen molar-refractivity contribution in [1.29, 1.82) is 5.26 Å². The molecule has 20 heavy (non-hydrogen) atoms. The van der Waals surface area contributed by atoms with Crippen LogP contribution < -0.4 is 5.73 Å². The molecular weight excluding hydrogens is 272 g/mol. The SMILES string of the molecule is N#CC1=C(N)OC(c2ccc(Cl)cc2)C2CCCC=C12. The topological polar surface area (TPSA) is 59.0 Å². The van der Waals surface area contributed by atoms with Gasteiger partial charge in [-0.3, -0.25) is 0 Å². The monoisotopic (exact) mass is 286 g/mol. The molecule has 0 radical (unpaired) electrons. The lowest BCUT2D eigenvalue weighted by atomic mass is 9.77. The average Bonchev–Trinajstić information content (AvgIpc) is 2.47. The van der Waals surface area contributed by atoms with E-state index in [0.29, 0.717) is 10.6 Å². The molecule has 1 aromatic carbocycles. The van der Waals surface area contributed by atoms with Crippen molar-refractivity contribution in [1.82, 2.24) is 0 Å². The van der Waals surface area contributed by atoms with Gasteiger partial charge in [0.2, 0.25) is 5.88 Å². The summed E-state index contributed by atoms with van der Waals surface area (Å²) in [6.07, 6.45) is 5.12. The Morgan fingerprint density at radius 1 is 1.30 bits per heavy atom. The first-order chi connectivity index (χ1) is 9.70. The fourth-order valence-corrected chi connectivity index (χ4v) is 3.12. The predicted octanol–water partition coefficient (Wildman–Crippen LogP) is 3.83. The van der Waals surface area contributed by atoms with Crippen molar-refractivity contribution in [3.8, 4) is 6.07 Å². The molecule has 0 saturated heterocycles. The minimum Gasteiger partial charge on any atom is -0.470 e. The van der Waals surface area contributed by atoms with Gasteiger partial charge >= 0.3 is 0 Å². The molecular formula is C16H15ClN2O. The highest BCUT2D eigenvalue weighted by molar-refractivity contribution is 6.30. The standard InChI is InChI=1S/C16H15ClN2O/c17-11-7-5-10(6-8-11)15-13-4-2-1-3-12(13)14(9-18)16(19)20-15/h3,5-8,13,15H,1-2,4,19H2. The number of allylic oxidation sites excluding steroid dienone is 2. The molecule has 2 unspecified atom stereocenters. The maximum absolute atomic E-state index is 9.27. The number of ether oxygens (including phenoxy) is 1. The van der Waals surface area contributed by atoms with Gasteiger partial charge in [-0.05, 0) is 42.5 Å². The lowest BCUT2D eigenvalue weighted by Gasteiger charge is -2.36. The number of fused-ring (bicyclic) bond motifs is 1. The molecule has 1 heterocycles. The number of nitrogens with two attached hydrogens (primary N) is 1. The van der Waals surface area contributed by atoms with E-state index in [0.717, 1.165) is 30.4 Å². The molecule has 0 saturated carbocycles. The summed E-state index contributed by atoms with van der Waals surface area (Å²) in [7, 11) is 0. The van der Waals surface area contributed by atoms with E-state index in [9.17, 15) is 5.26 Å². The van der Waals surface area contributed by atoms with Gasteiger partial charge in [-0.1, -0.05) is 29.8 Å². The van der Waals surface area contributed by atoms with E-state index < -0.39 is 0 Å². The third-order valence-electron chi connectivity index (χ3n) is 3.95. The number of hydrogen-bond donors (Lipinski definition) is 1. The fourth-order valence-electron chi connectivity index (χ4n) is 3.00. The van der Waals surface area contributed by atoms with Gasteiger partial charge in [-0.2, -0.15) is 5.26 Å².